The summed E-state index contributed by atoms with van der Waals surface area (Å²) in [4.78, 5) is 224. The average molecular weight is 1760 g/mol. The van der Waals surface area contributed by atoms with E-state index in [1.165, 1.54) is 6.92 Å². The molecule has 0 bridgehead atoms. The van der Waals surface area contributed by atoms with Crippen molar-refractivity contribution < 1.29 is 102 Å². The van der Waals surface area contributed by atoms with E-state index in [1.807, 2.05) is 12.2 Å². The molecule has 0 aromatic heterocycles. The van der Waals surface area contributed by atoms with Crippen LogP contribution >= 0.6 is 0 Å². The Hall–Kier alpha value is -10.3. The van der Waals surface area contributed by atoms with E-state index in [0.717, 1.165) is 0 Å². The second kappa shape index (κ2) is 58.0. The van der Waals surface area contributed by atoms with Crippen molar-refractivity contribution in [2.75, 3.05) is 52.5 Å². The number of aliphatic carboxylic acids is 2. The van der Waals surface area contributed by atoms with Crippen molar-refractivity contribution in [1.82, 2.24) is 90.4 Å². The van der Waals surface area contributed by atoms with Crippen LogP contribution in [0.2, 0.25) is 0 Å². The molecule has 19 unspecified atom stereocenters. The molecule has 14 amide bonds. The summed E-state index contributed by atoms with van der Waals surface area (Å²) in [5.74, 6) is -17.7. The van der Waals surface area contributed by atoms with Crippen molar-refractivity contribution in [2.45, 2.75) is 299 Å². The van der Waals surface area contributed by atoms with Crippen molar-refractivity contribution in [1.29, 1.82) is 5.41 Å². The Kier molecular flexibility index (Phi) is 50.5. The molecule has 2 heterocycles. The van der Waals surface area contributed by atoms with E-state index in [1.54, 1.807) is 71.9 Å². The molecule has 2 saturated heterocycles. The number of carbonyl (C=O) groups excluding carboxylic acids is 14. The van der Waals surface area contributed by atoms with Gasteiger partial charge in [0.15, 0.2) is 5.96 Å². The topological polar surface area (TPSA) is 707 Å². The summed E-state index contributed by atoms with van der Waals surface area (Å²) in [5.41, 5.74) is 23.7. The van der Waals surface area contributed by atoms with Crippen LogP contribution < -0.4 is 113 Å². The first-order valence-electron chi connectivity index (χ1n) is 43.2. The van der Waals surface area contributed by atoms with Gasteiger partial charge in [-0.2, -0.15) is 0 Å². The fraction of sp³-hybridized carbons (Fsp3) is 0.716. The third-order valence-electron chi connectivity index (χ3n) is 21.6. The highest BCUT2D eigenvalue weighted by Gasteiger charge is 2.43. The molecule has 3 rings (SSSR count). The van der Waals surface area contributed by atoms with E-state index in [-0.39, 0.29) is 89.3 Å². The maximum atomic E-state index is 15.0. The smallest absolute Gasteiger partial charge is 0.322 e. The summed E-state index contributed by atoms with van der Waals surface area (Å²) in [6.07, 6.45) is 2.61. The molecule has 0 spiro atoms. The van der Waals surface area contributed by atoms with Crippen molar-refractivity contribution in [3.63, 3.8) is 0 Å². The van der Waals surface area contributed by atoms with E-state index >= 15 is 4.79 Å². The van der Waals surface area contributed by atoms with Crippen molar-refractivity contribution in [3.8, 4) is 0 Å². The van der Waals surface area contributed by atoms with Gasteiger partial charge in [-0.1, -0.05) is 111 Å². The molecule has 0 aliphatic carbocycles. The van der Waals surface area contributed by atoms with Gasteiger partial charge in [0.2, 0.25) is 82.7 Å². The molecule has 2 fully saturated rings. The minimum atomic E-state index is -1.76. The molecular formula is C81H140N22O21. The Bertz CT molecular complexity index is 3610. The molecule has 43 heteroatoms. The summed E-state index contributed by atoms with van der Waals surface area (Å²) in [5, 5.41) is 103. The summed E-state index contributed by atoms with van der Waals surface area (Å²) >= 11 is 0. The van der Waals surface area contributed by atoms with Gasteiger partial charge in [0.1, 0.15) is 85.1 Å². The third-order valence-corrected chi connectivity index (χ3v) is 21.6. The maximum absolute atomic E-state index is 15.0. The molecule has 1 aromatic carbocycles. The highest BCUT2D eigenvalue weighted by Crippen LogP contribution is 2.19. The fourth-order valence-corrected chi connectivity index (χ4v) is 13.9. The molecule has 1 aromatic rings. The fourth-order valence-electron chi connectivity index (χ4n) is 13.9. The van der Waals surface area contributed by atoms with Gasteiger partial charge in [-0.05, 0) is 153 Å². The maximum Gasteiger partial charge on any atom is 0.322 e. The van der Waals surface area contributed by atoms with Gasteiger partial charge in [0, 0.05) is 31.5 Å². The van der Waals surface area contributed by atoms with Crippen molar-refractivity contribution >= 4 is 101 Å². The quantitative estimate of drug-likeness (QED) is 0.0164. The lowest BCUT2D eigenvalue weighted by atomic mass is 9.96. The lowest BCUT2D eigenvalue weighted by Crippen LogP contribution is -2.64. The largest absolute Gasteiger partial charge is 0.481 e. The first-order valence-corrected chi connectivity index (χ1v) is 43.2. The SMILES string of the molecule is CCCCCC(NC(=O)C(CO)NC(=O)C(NC(=O)C(CCCCN)NC(=O)C(NC(=O)C(NC(=O)C(N)CCCNC(=N)N)C(C)O)C1CCCN1)C(C)CC)C(=O)NC(C(=O)NC(C(=O)NC(CCCCN)C(=O)NC(Cc1ccccc1)C(=O)NC(CCC(=O)O)C(=O)NC(CC(C)C)C(=O)NC(CO)C(=O)NCC(=O)O)C(C)CC)C1CCCN1. The lowest BCUT2D eigenvalue weighted by molar-refractivity contribution is -0.139. The predicted octanol–water partition coefficient (Wildman–Crippen LogP) is -5.97. The number of nitrogens with two attached hydrogens (primary N) is 4. The van der Waals surface area contributed by atoms with Gasteiger partial charge in [-0.25, -0.2) is 0 Å². The van der Waals surface area contributed by atoms with Crippen molar-refractivity contribution in [2.24, 2.45) is 40.7 Å². The number of guanidine groups is 1. The van der Waals surface area contributed by atoms with Crippen LogP contribution in [0.15, 0.2) is 30.3 Å². The molecular weight excluding hydrogens is 1620 g/mol. The van der Waals surface area contributed by atoms with Gasteiger partial charge < -0.3 is 139 Å². The summed E-state index contributed by atoms with van der Waals surface area (Å²) in [6, 6.07) is -13.9. The molecule has 2 aliphatic rings. The molecule has 0 saturated carbocycles. The Morgan fingerprint density at radius 3 is 1.30 bits per heavy atom. The Morgan fingerprint density at radius 2 is 0.839 bits per heavy atom. The van der Waals surface area contributed by atoms with Crippen LogP contribution in [-0.4, -0.2) is 281 Å². The number of nitrogens with one attached hydrogen (secondary N) is 18. The monoisotopic (exact) mass is 1760 g/mol. The molecule has 2 aliphatic heterocycles. The third kappa shape index (κ3) is 38.8. The zero-order chi connectivity index (χ0) is 92.7. The van der Waals surface area contributed by atoms with Crippen LogP contribution in [0.4, 0.5) is 0 Å². The molecule has 0 radical (unpaired) electrons. The van der Waals surface area contributed by atoms with E-state index < -0.39 is 242 Å². The normalized spacial score (nSPS) is 17.8. The predicted molar refractivity (Wildman–Crippen MR) is 456 cm³/mol. The number of rotatable bonds is 61. The zero-order valence-corrected chi connectivity index (χ0v) is 72.7. The van der Waals surface area contributed by atoms with Gasteiger partial charge in [-0.15, -0.1) is 0 Å². The number of carboxylic acid groups (broad SMARTS) is 2. The Balaban J connectivity index is 1.96. The number of hydrogen-bond donors (Lipinski definition) is 27. The Morgan fingerprint density at radius 1 is 0.444 bits per heavy atom. The van der Waals surface area contributed by atoms with Crippen LogP contribution in [0, 0.1) is 23.2 Å². The van der Waals surface area contributed by atoms with Crippen molar-refractivity contribution in [3.05, 3.63) is 35.9 Å². The number of carboxylic acids is 2. The minimum absolute atomic E-state index is 0.0142. The minimum Gasteiger partial charge on any atom is -0.481 e. The van der Waals surface area contributed by atoms with E-state index in [2.05, 4.69) is 85.1 Å². The van der Waals surface area contributed by atoms with Crippen LogP contribution in [0.3, 0.4) is 0 Å². The number of hydrogen-bond acceptors (Lipinski definition) is 25. The van der Waals surface area contributed by atoms with Crippen LogP contribution in [0.1, 0.15) is 196 Å². The number of aliphatic hydroxyl groups excluding tert-OH is 3. The zero-order valence-electron chi connectivity index (χ0n) is 72.7. The summed E-state index contributed by atoms with van der Waals surface area (Å²) in [6.45, 7) is 12.0. The summed E-state index contributed by atoms with van der Waals surface area (Å²) in [7, 11) is 0. The van der Waals surface area contributed by atoms with Gasteiger partial charge >= 0.3 is 11.9 Å². The van der Waals surface area contributed by atoms with E-state index in [0.29, 0.717) is 89.3 Å². The number of aliphatic hydroxyl groups is 3. The molecule has 43 nitrogen and oxygen atoms in total. The molecule has 19 atom stereocenters. The Labute approximate surface area is 724 Å². The summed E-state index contributed by atoms with van der Waals surface area (Å²) < 4.78 is 0. The highest BCUT2D eigenvalue weighted by atomic mass is 16.4. The first kappa shape index (κ1) is 108. The number of unbranched alkanes of at least 4 members (excludes halogenated alkanes) is 4. The standard InChI is InChI=1S/C81H140N22O21/c1-9-12-14-27-53(91-75(119)59(43-105)98-77(121)62(45(6)10-2)99-71(115)54(29-18-20-35-83)94-79(123)65(50-30-22-36-87-50)103-78(122)64(47(8)106)101-67(111)49(84)26-21-38-89-81(85)86)72(116)102-66(51-31-23-37-88-51)80(124)100-63(46(7)11-3)76(120)93-52(28-17-19-34-82)69(113)96-57(40-48-24-15-13-16-25-48)74(118)92-55(32-33-60(107)108)70(114)95-56(39-44(4)5)73(117)97-58(42-104)68(112)90-41-61(109)110/h13,15-16,24-25,44-47,49-59,62-66,87-88,104-106H,9-12,14,17-23,26-43,82-84H2,1-8H3,(H,90,112)(H,91,119)(H,92,118)(H,93,120)(H,94,123)(H,95,114)(H,96,113)(H,97,117)(H,98,121)(H,99,115)(H,100,124)(H,101,111)(H,102,116)(H,103,122)(H,107,108)(H,109,110)(H4,85,86,89). The van der Waals surface area contributed by atoms with E-state index in [9.17, 15) is 92.3 Å². The highest BCUT2D eigenvalue weighted by molar-refractivity contribution is 6.01. The average Bonchev–Trinajstić information content (AvgIpc) is 1.32. The van der Waals surface area contributed by atoms with Gasteiger partial charge in [0.25, 0.3) is 0 Å². The first-order chi connectivity index (χ1) is 58.9. The second-order valence-electron chi connectivity index (χ2n) is 32.2. The lowest BCUT2D eigenvalue weighted by Gasteiger charge is -2.32. The van der Waals surface area contributed by atoms with Crippen LogP contribution in [0.5, 0.6) is 0 Å². The molecule has 700 valence electrons. The van der Waals surface area contributed by atoms with Gasteiger partial charge in [0.05, 0.1) is 25.4 Å². The number of benzene rings is 1. The number of amides is 14. The van der Waals surface area contributed by atoms with Crippen LogP contribution in [0.25, 0.3) is 0 Å². The molecule has 124 heavy (non-hydrogen) atoms. The second-order valence-corrected chi connectivity index (χ2v) is 32.2. The van der Waals surface area contributed by atoms with Crippen LogP contribution in [-0.2, 0) is 83.1 Å². The molecule has 31 N–H and O–H groups in total. The number of carbonyl (C=O) groups is 16. The van der Waals surface area contributed by atoms with Gasteiger partial charge in [-0.3, -0.25) is 82.1 Å². The van der Waals surface area contributed by atoms with E-state index in [4.69, 9.17) is 33.5 Å².